The van der Waals surface area contributed by atoms with Crippen molar-refractivity contribution in [1.82, 2.24) is 0 Å². The molecule has 5 unspecified atom stereocenters. The number of ether oxygens (including phenoxy) is 1. The van der Waals surface area contributed by atoms with Crippen molar-refractivity contribution in [2.75, 3.05) is 6.61 Å². The molecule has 3 aliphatic carbocycles. The molecule has 4 fully saturated rings. The van der Waals surface area contributed by atoms with Gasteiger partial charge in [-0.15, -0.1) is 0 Å². The summed E-state index contributed by atoms with van der Waals surface area (Å²) in [7, 11) is 0. The van der Waals surface area contributed by atoms with Crippen LogP contribution < -0.4 is 0 Å². The van der Waals surface area contributed by atoms with E-state index in [-0.39, 0.29) is 12.0 Å². The number of rotatable bonds is 3. The molecule has 5 atom stereocenters. The summed E-state index contributed by atoms with van der Waals surface area (Å²) >= 11 is 0. The van der Waals surface area contributed by atoms with Crippen LogP contribution >= 0.6 is 0 Å². The van der Waals surface area contributed by atoms with Crippen molar-refractivity contribution in [2.45, 2.75) is 38.9 Å². The van der Waals surface area contributed by atoms with Gasteiger partial charge in [-0.05, 0) is 26.8 Å². The number of carbonyl (C=O) groups excluding carboxylic acids is 3. The van der Waals surface area contributed by atoms with Crippen molar-refractivity contribution < 1.29 is 34.4 Å². The highest BCUT2D eigenvalue weighted by Gasteiger charge is 2.80. The number of esters is 1. The molecule has 0 spiro atoms. The van der Waals surface area contributed by atoms with Crippen molar-refractivity contribution in [3.8, 4) is 0 Å². The van der Waals surface area contributed by atoms with Crippen LogP contribution in [0.15, 0.2) is 35.6 Å². The van der Waals surface area contributed by atoms with Gasteiger partial charge in [0.25, 0.3) is 0 Å². The van der Waals surface area contributed by atoms with Crippen LogP contribution in [0.1, 0.15) is 27.2 Å². The van der Waals surface area contributed by atoms with E-state index < -0.39 is 58.4 Å². The molecule has 3 saturated carbocycles. The molecule has 0 aromatic heterocycles. The Morgan fingerprint density at radius 3 is 2.50 bits per heavy atom. The summed E-state index contributed by atoms with van der Waals surface area (Å²) in [6, 6.07) is 0. The molecule has 2 bridgehead atoms. The zero-order valence-corrected chi connectivity index (χ0v) is 14.9. The largest absolute Gasteiger partial charge is 0.508 e. The lowest BCUT2D eigenvalue weighted by atomic mass is 9.40. The number of Topliss-reactive ketones (excluding diaryl/α,β-unsaturated/α-hetero) is 2. The van der Waals surface area contributed by atoms with Crippen LogP contribution in [-0.2, 0) is 19.1 Å². The molecule has 1 aliphatic heterocycles. The van der Waals surface area contributed by atoms with Crippen molar-refractivity contribution in [2.24, 2.45) is 16.7 Å². The summed E-state index contributed by atoms with van der Waals surface area (Å²) in [5.74, 6) is -3.75. The molecule has 3 N–H and O–H groups in total. The third-order valence-electron chi connectivity index (χ3n) is 6.21. The minimum atomic E-state index is -2.02. The topological polar surface area (TPSA) is 121 Å². The van der Waals surface area contributed by atoms with Crippen LogP contribution in [0.3, 0.4) is 0 Å². The van der Waals surface area contributed by atoms with E-state index in [9.17, 15) is 29.7 Å². The SMILES string of the molecule is CC=CC=CC(O)=C1C(=O)C2(C)C(=O)C(C)(O)C1C1OC(=O)CC12CO. The highest BCUT2D eigenvalue weighted by molar-refractivity contribution is 6.22. The summed E-state index contributed by atoms with van der Waals surface area (Å²) in [5.41, 5.74) is -5.49. The summed E-state index contributed by atoms with van der Waals surface area (Å²) in [6.45, 7) is 3.73. The Hall–Kier alpha value is -2.25. The van der Waals surface area contributed by atoms with Crippen LogP contribution in [0.25, 0.3) is 0 Å². The fourth-order valence-electron chi connectivity index (χ4n) is 4.77. The highest BCUT2D eigenvalue weighted by atomic mass is 16.6. The highest BCUT2D eigenvalue weighted by Crippen LogP contribution is 2.66. The van der Waals surface area contributed by atoms with E-state index in [1.165, 1.54) is 26.0 Å². The second-order valence-corrected chi connectivity index (χ2v) is 7.49. The fourth-order valence-corrected chi connectivity index (χ4v) is 4.77. The molecule has 140 valence electrons. The van der Waals surface area contributed by atoms with Gasteiger partial charge in [-0.2, -0.15) is 0 Å². The van der Waals surface area contributed by atoms with Crippen LogP contribution in [0, 0.1) is 16.7 Å². The van der Waals surface area contributed by atoms with E-state index in [0.717, 1.165) is 0 Å². The smallest absolute Gasteiger partial charge is 0.306 e. The van der Waals surface area contributed by atoms with Crippen molar-refractivity contribution >= 4 is 17.5 Å². The van der Waals surface area contributed by atoms with Gasteiger partial charge in [-0.1, -0.05) is 18.2 Å². The first-order chi connectivity index (χ1) is 12.1. The molecule has 4 rings (SSSR count). The maximum atomic E-state index is 13.2. The van der Waals surface area contributed by atoms with E-state index in [4.69, 9.17) is 4.74 Å². The van der Waals surface area contributed by atoms with E-state index in [0.29, 0.717) is 0 Å². The monoisotopic (exact) mass is 362 g/mol. The van der Waals surface area contributed by atoms with Gasteiger partial charge in [0.05, 0.1) is 24.4 Å². The molecular weight excluding hydrogens is 340 g/mol. The number of allylic oxidation sites excluding steroid dienone is 4. The first-order valence-electron chi connectivity index (χ1n) is 8.44. The Balaban J connectivity index is 2.30. The zero-order chi connectivity index (χ0) is 19.5. The third kappa shape index (κ3) is 1.92. The van der Waals surface area contributed by atoms with E-state index in [1.807, 2.05) is 0 Å². The van der Waals surface area contributed by atoms with E-state index >= 15 is 0 Å². The van der Waals surface area contributed by atoms with Crippen LogP contribution in [0.2, 0.25) is 0 Å². The Morgan fingerprint density at radius 1 is 1.27 bits per heavy atom. The lowest BCUT2D eigenvalue weighted by Gasteiger charge is -2.60. The maximum Gasteiger partial charge on any atom is 0.306 e. The third-order valence-corrected chi connectivity index (χ3v) is 6.21. The van der Waals surface area contributed by atoms with Gasteiger partial charge in [-0.25, -0.2) is 0 Å². The van der Waals surface area contributed by atoms with Crippen LogP contribution in [-0.4, -0.2) is 51.2 Å². The molecule has 0 aromatic carbocycles. The van der Waals surface area contributed by atoms with Crippen molar-refractivity contribution in [3.05, 3.63) is 35.6 Å². The molecule has 0 radical (unpaired) electrons. The Bertz CT molecular complexity index is 788. The summed E-state index contributed by atoms with van der Waals surface area (Å²) in [4.78, 5) is 38.2. The Morgan fingerprint density at radius 2 is 1.92 bits per heavy atom. The Kier molecular flexibility index (Phi) is 4.01. The van der Waals surface area contributed by atoms with Gasteiger partial charge in [0, 0.05) is 5.57 Å². The van der Waals surface area contributed by atoms with Gasteiger partial charge < -0.3 is 20.1 Å². The van der Waals surface area contributed by atoms with Crippen molar-refractivity contribution in [3.63, 3.8) is 0 Å². The molecular formula is C19H22O7. The predicted molar refractivity (Wildman–Crippen MR) is 89.9 cm³/mol. The van der Waals surface area contributed by atoms with Crippen LogP contribution in [0.5, 0.6) is 0 Å². The van der Waals surface area contributed by atoms with Gasteiger partial charge in [0.1, 0.15) is 22.9 Å². The standard InChI is InChI=1S/C19H22O7/c1-4-5-6-7-10(21)12-13-15-19(9-20,8-11(22)26-15)17(2,14(12)23)16(24)18(13,3)25/h4-7,13,15,20-21,25H,8-9H2,1-3H3. The molecule has 4 aliphatic rings. The van der Waals surface area contributed by atoms with Gasteiger partial charge in [-0.3, -0.25) is 14.4 Å². The number of hydrogen-bond donors (Lipinski definition) is 3. The minimum absolute atomic E-state index is 0.151. The number of carbonyl (C=O) groups is 3. The molecule has 0 amide bonds. The molecule has 1 heterocycles. The van der Waals surface area contributed by atoms with Crippen LogP contribution in [0.4, 0.5) is 0 Å². The second-order valence-electron chi connectivity index (χ2n) is 7.49. The number of ketones is 2. The lowest BCUT2D eigenvalue weighted by molar-refractivity contribution is -0.210. The Labute approximate surface area is 150 Å². The number of aliphatic hydroxyl groups is 3. The molecule has 26 heavy (non-hydrogen) atoms. The van der Waals surface area contributed by atoms with Gasteiger partial charge in [0.15, 0.2) is 11.6 Å². The average Bonchev–Trinajstić information content (AvgIpc) is 2.93. The number of aliphatic hydroxyl groups excluding tert-OH is 2. The normalized spacial score (nSPS) is 44.1. The quantitative estimate of drug-likeness (QED) is 0.223. The molecule has 0 aromatic rings. The van der Waals surface area contributed by atoms with Gasteiger partial charge in [0.2, 0.25) is 0 Å². The molecule has 7 heteroatoms. The lowest BCUT2D eigenvalue weighted by Crippen LogP contribution is -2.76. The zero-order valence-electron chi connectivity index (χ0n) is 14.9. The van der Waals surface area contributed by atoms with E-state index in [1.54, 1.807) is 19.1 Å². The van der Waals surface area contributed by atoms with E-state index in [2.05, 4.69) is 0 Å². The number of hydrogen-bond acceptors (Lipinski definition) is 7. The summed E-state index contributed by atoms with van der Waals surface area (Å²) in [5, 5.41) is 31.4. The molecule has 1 saturated heterocycles. The number of fused-ring (bicyclic) bond motifs is 2. The fraction of sp³-hybridized carbons (Fsp3) is 0.526. The minimum Gasteiger partial charge on any atom is -0.508 e. The van der Waals surface area contributed by atoms with Crippen molar-refractivity contribution in [1.29, 1.82) is 0 Å². The first kappa shape index (κ1) is 18.5. The van der Waals surface area contributed by atoms with Gasteiger partial charge >= 0.3 is 5.97 Å². The predicted octanol–water partition coefficient (Wildman–Crippen LogP) is 0.764. The summed E-state index contributed by atoms with van der Waals surface area (Å²) < 4.78 is 5.35. The molecule has 7 nitrogen and oxygen atoms in total. The average molecular weight is 362 g/mol. The maximum absolute atomic E-state index is 13.2. The second kappa shape index (κ2) is 5.62. The first-order valence-corrected chi connectivity index (χ1v) is 8.44. The summed E-state index contributed by atoms with van der Waals surface area (Å²) in [6.07, 6.45) is 4.78.